The fourth-order valence-corrected chi connectivity index (χ4v) is 2.99. The molecule has 0 bridgehead atoms. The molecular formula is C20H16FN5O2. The van der Waals surface area contributed by atoms with Crippen molar-refractivity contribution in [3.05, 3.63) is 60.8 Å². The molecule has 28 heavy (non-hydrogen) atoms. The lowest BCUT2D eigenvalue weighted by Gasteiger charge is -2.08. The number of carbonyl (C=O) groups excluding carboxylic acids is 1. The Morgan fingerprint density at radius 1 is 1.07 bits per heavy atom. The number of H-pyrrole nitrogens is 1. The molecule has 0 saturated heterocycles. The van der Waals surface area contributed by atoms with Crippen LogP contribution in [-0.4, -0.2) is 39.6 Å². The van der Waals surface area contributed by atoms with E-state index in [0.717, 1.165) is 22.4 Å². The van der Waals surface area contributed by atoms with E-state index in [1.807, 2.05) is 6.07 Å². The molecule has 0 unspecified atom stereocenters. The number of hydrogen-bond donors (Lipinski definition) is 2. The highest BCUT2D eigenvalue weighted by Gasteiger charge is 2.17. The number of nitrogens with zero attached hydrogens (tertiary/aromatic N) is 3. The number of ether oxygens (including phenoxy) is 1. The first-order chi connectivity index (χ1) is 13.7. The number of methoxy groups -OCH3 is 1. The second-order valence-corrected chi connectivity index (χ2v) is 6.05. The zero-order chi connectivity index (χ0) is 19.5. The quantitative estimate of drug-likeness (QED) is 0.556. The third kappa shape index (κ3) is 3.45. The number of pyridine rings is 1. The van der Waals surface area contributed by atoms with Gasteiger partial charge in [0.2, 0.25) is 0 Å². The Labute approximate surface area is 159 Å². The van der Waals surface area contributed by atoms with Gasteiger partial charge in [0.05, 0.1) is 5.69 Å². The fraction of sp³-hybridized carbons (Fsp3) is 0.100. The standard InChI is InChI=1S/C20H16FN5O2/c1-28-11-16(27)25-15-10-13(6-7-22-15)18-17(12-2-4-14(21)5-3-12)19-20(26-18)24-9-8-23-19/h2-10H,11H2,1H3,(H,24,26)(H,22,25,27). The van der Waals surface area contributed by atoms with Crippen LogP contribution >= 0.6 is 0 Å². The summed E-state index contributed by atoms with van der Waals surface area (Å²) in [5, 5.41) is 2.68. The molecule has 0 aliphatic rings. The van der Waals surface area contributed by atoms with E-state index in [1.54, 1.807) is 36.8 Å². The van der Waals surface area contributed by atoms with Crippen LogP contribution < -0.4 is 5.32 Å². The maximum atomic E-state index is 13.4. The van der Waals surface area contributed by atoms with Gasteiger partial charge in [-0.15, -0.1) is 0 Å². The number of aromatic amines is 1. The van der Waals surface area contributed by atoms with Crippen molar-refractivity contribution in [3.8, 4) is 22.4 Å². The molecule has 0 fully saturated rings. The minimum Gasteiger partial charge on any atom is -0.375 e. The van der Waals surface area contributed by atoms with Crippen LogP contribution in [-0.2, 0) is 9.53 Å². The molecule has 0 spiro atoms. The second-order valence-electron chi connectivity index (χ2n) is 6.05. The van der Waals surface area contributed by atoms with Gasteiger partial charge in [-0.2, -0.15) is 0 Å². The second kappa shape index (κ2) is 7.53. The molecule has 0 aliphatic heterocycles. The molecule has 8 heteroatoms. The summed E-state index contributed by atoms with van der Waals surface area (Å²) in [5.74, 6) is -0.224. The molecule has 1 amide bonds. The molecule has 2 N–H and O–H groups in total. The molecule has 0 aliphatic carbocycles. The number of rotatable bonds is 5. The summed E-state index contributed by atoms with van der Waals surface area (Å²) in [7, 11) is 1.45. The highest BCUT2D eigenvalue weighted by molar-refractivity contribution is 6.00. The number of benzene rings is 1. The number of hydrogen-bond acceptors (Lipinski definition) is 5. The van der Waals surface area contributed by atoms with Crippen molar-refractivity contribution in [2.24, 2.45) is 0 Å². The van der Waals surface area contributed by atoms with Crippen LogP contribution in [0.3, 0.4) is 0 Å². The molecule has 1 aromatic carbocycles. The van der Waals surface area contributed by atoms with Crippen LogP contribution in [0.25, 0.3) is 33.5 Å². The predicted molar refractivity (Wildman–Crippen MR) is 103 cm³/mol. The Bertz CT molecular complexity index is 1140. The average molecular weight is 377 g/mol. The van der Waals surface area contributed by atoms with Gasteiger partial charge in [-0.05, 0) is 29.8 Å². The van der Waals surface area contributed by atoms with Crippen LogP contribution in [0.5, 0.6) is 0 Å². The number of fused-ring (bicyclic) bond motifs is 1. The van der Waals surface area contributed by atoms with E-state index in [9.17, 15) is 9.18 Å². The van der Waals surface area contributed by atoms with Gasteiger partial charge in [0.25, 0.3) is 5.91 Å². The van der Waals surface area contributed by atoms with Crippen LogP contribution in [0.2, 0.25) is 0 Å². The van der Waals surface area contributed by atoms with E-state index >= 15 is 0 Å². The van der Waals surface area contributed by atoms with Crippen molar-refractivity contribution in [1.82, 2.24) is 19.9 Å². The lowest BCUT2D eigenvalue weighted by atomic mass is 10.0. The highest BCUT2D eigenvalue weighted by atomic mass is 19.1. The van der Waals surface area contributed by atoms with Gasteiger partial charge in [0.15, 0.2) is 5.65 Å². The molecule has 140 valence electrons. The van der Waals surface area contributed by atoms with Gasteiger partial charge in [0, 0.05) is 36.8 Å². The normalized spacial score (nSPS) is 10.9. The van der Waals surface area contributed by atoms with E-state index in [0.29, 0.717) is 17.0 Å². The molecule has 4 rings (SSSR count). The first-order valence-corrected chi connectivity index (χ1v) is 8.49. The molecule has 3 aromatic heterocycles. The Morgan fingerprint density at radius 2 is 1.86 bits per heavy atom. The third-order valence-corrected chi connectivity index (χ3v) is 4.15. The van der Waals surface area contributed by atoms with Crippen molar-refractivity contribution in [2.75, 3.05) is 19.0 Å². The van der Waals surface area contributed by atoms with Gasteiger partial charge in [-0.1, -0.05) is 12.1 Å². The van der Waals surface area contributed by atoms with Gasteiger partial charge in [-0.3, -0.25) is 9.78 Å². The van der Waals surface area contributed by atoms with E-state index in [2.05, 4.69) is 25.3 Å². The minimum absolute atomic E-state index is 0.0625. The largest absolute Gasteiger partial charge is 0.375 e. The summed E-state index contributed by atoms with van der Waals surface area (Å²) in [5.41, 5.74) is 4.40. The average Bonchev–Trinajstić information content (AvgIpc) is 3.09. The van der Waals surface area contributed by atoms with Crippen molar-refractivity contribution in [3.63, 3.8) is 0 Å². The third-order valence-electron chi connectivity index (χ3n) is 4.15. The van der Waals surface area contributed by atoms with Crippen LogP contribution in [0, 0.1) is 5.82 Å². The van der Waals surface area contributed by atoms with Gasteiger partial charge < -0.3 is 15.0 Å². The molecule has 7 nitrogen and oxygen atoms in total. The zero-order valence-electron chi connectivity index (χ0n) is 14.9. The first kappa shape index (κ1) is 17.7. The molecule has 4 aromatic rings. The molecule has 0 atom stereocenters. The van der Waals surface area contributed by atoms with E-state index in [4.69, 9.17) is 4.74 Å². The number of amides is 1. The summed E-state index contributed by atoms with van der Waals surface area (Å²) < 4.78 is 18.2. The van der Waals surface area contributed by atoms with Crippen LogP contribution in [0.1, 0.15) is 0 Å². The summed E-state index contributed by atoms with van der Waals surface area (Å²) >= 11 is 0. The van der Waals surface area contributed by atoms with Crippen LogP contribution in [0.15, 0.2) is 55.0 Å². The SMILES string of the molecule is COCC(=O)Nc1cc(-c2[nH]c3nccnc3c2-c2ccc(F)cc2)ccn1. The maximum Gasteiger partial charge on any atom is 0.251 e. The van der Waals surface area contributed by atoms with E-state index in [1.165, 1.54) is 19.2 Å². The van der Waals surface area contributed by atoms with Crippen molar-refractivity contribution < 1.29 is 13.9 Å². The Kier molecular flexibility index (Phi) is 4.77. The van der Waals surface area contributed by atoms with Gasteiger partial charge in [-0.25, -0.2) is 14.4 Å². The number of anilines is 1. The first-order valence-electron chi connectivity index (χ1n) is 8.49. The predicted octanol–water partition coefficient (Wildman–Crippen LogP) is 3.41. The lowest BCUT2D eigenvalue weighted by Crippen LogP contribution is -2.17. The Morgan fingerprint density at radius 3 is 2.64 bits per heavy atom. The van der Waals surface area contributed by atoms with Gasteiger partial charge >= 0.3 is 0 Å². The number of halogens is 1. The molecule has 0 radical (unpaired) electrons. The topological polar surface area (TPSA) is 92.8 Å². The smallest absolute Gasteiger partial charge is 0.251 e. The summed E-state index contributed by atoms with van der Waals surface area (Å²) in [6.45, 7) is -0.0625. The van der Waals surface area contributed by atoms with E-state index < -0.39 is 0 Å². The van der Waals surface area contributed by atoms with Crippen LogP contribution in [0.4, 0.5) is 10.2 Å². The fourth-order valence-electron chi connectivity index (χ4n) is 2.99. The van der Waals surface area contributed by atoms with Gasteiger partial charge in [0.1, 0.15) is 23.8 Å². The summed E-state index contributed by atoms with van der Waals surface area (Å²) in [6, 6.07) is 9.74. The van der Waals surface area contributed by atoms with E-state index in [-0.39, 0.29) is 18.3 Å². The Balaban J connectivity index is 1.84. The number of aromatic nitrogens is 4. The maximum absolute atomic E-state index is 13.4. The Hall–Kier alpha value is -3.65. The molecule has 0 saturated carbocycles. The number of carbonyl (C=O) groups is 1. The summed E-state index contributed by atoms with van der Waals surface area (Å²) in [4.78, 5) is 28.0. The monoisotopic (exact) mass is 377 g/mol. The number of nitrogens with one attached hydrogen (secondary N) is 2. The van der Waals surface area contributed by atoms with Crippen molar-refractivity contribution in [1.29, 1.82) is 0 Å². The zero-order valence-corrected chi connectivity index (χ0v) is 14.9. The molecule has 3 heterocycles. The highest BCUT2D eigenvalue weighted by Crippen LogP contribution is 2.37. The minimum atomic E-state index is -0.316. The lowest BCUT2D eigenvalue weighted by molar-refractivity contribution is -0.119. The van der Waals surface area contributed by atoms with Crippen molar-refractivity contribution >= 4 is 22.9 Å². The van der Waals surface area contributed by atoms with Crippen molar-refractivity contribution in [2.45, 2.75) is 0 Å². The molecular weight excluding hydrogens is 361 g/mol. The summed E-state index contributed by atoms with van der Waals surface area (Å²) in [6.07, 6.45) is 4.80.